The molecule has 1 amide bonds. The number of aryl methyl sites for hydroxylation is 2. The first-order chi connectivity index (χ1) is 12.0. The number of aromatic nitrogens is 2. The zero-order valence-electron chi connectivity index (χ0n) is 15.0. The van der Waals surface area contributed by atoms with Gasteiger partial charge in [-0.05, 0) is 62.6 Å². The highest BCUT2D eigenvalue weighted by Crippen LogP contribution is 2.32. The van der Waals surface area contributed by atoms with Gasteiger partial charge in [0.05, 0.1) is 17.2 Å². The van der Waals surface area contributed by atoms with E-state index in [-0.39, 0.29) is 11.5 Å². The van der Waals surface area contributed by atoms with Crippen molar-refractivity contribution in [2.75, 3.05) is 13.1 Å². The monoisotopic (exact) mass is 339 g/mol. The molecule has 0 bridgehead atoms. The molecule has 1 saturated carbocycles. The maximum Gasteiger partial charge on any atom is 0.261 e. The lowest BCUT2D eigenvalue weighted by molar-refractivity contribution is -0.134. The first kappa shape index (κ1) is 16.3. The summed E-state index contributed by atoms with van der Waals surface area (Å²) in [6, 6.07) is 3.87. The van der Waals surface area contributed by atoms with Gasteiger partial charge in [-0.15, -0.1) is 0 Å². The van der Waals surface area contributed by atoms with Crippen LogP contribution in [0.5, 0.6) is 0 Å². The minimum Gasteiger partial charge on any atom is -0.342 e. The lowest BCUT2D eigenvalue weighted by Gasteiger charge is -2.33. The SMILES string of the molecule is Cc1ccc2c(=O)n(C[C@H]3CCCN(C(=O)C4CC4)C3)cnc2c1C. The van der Waals surface area contributed by atoms with Crippen LogP contribution in [-0.4, -0.2) is 33.4 Å². The second-order valence-electron chi connectivity index (χ2n) is 7.67. The Morgan fingerprint density at radius 3 is 2.80 bits per heavy atom. The maximum atomic E-state index is 12.8. The molecule has 5 heteroatoms. The van der Waals surface area contributed by atoms with Crippen molar-refractivity contribution in [3.8, 4) is 0 Å². The molecule has 4 rings (SSSR count). The lowest BCUT2D eigenvalue weighted by atomic mass is 9.97. The number of piperidine rings is 1. The first-order valence-corrected chi connectivity index (χ1v) is 9.28. The Kier molecular flexibility index (Phi) is 4.10. The van der Waals surface area contributed by atoms with Crippen LogP contribution in [0.25, 0.3) is 10.9 Å². The highest BCUT2D eigenvalue weighted by atomic mass is 16.2. The molecule has 2 heterocycles. The summed E-state index contributed by atoms with van der Waals surface area (Å²) in [7, 11) is 0. The van der Waals surface area contributed by atoms with Gasteiger partial charge in [0.15, 0.2) is 0 Å². The Balaban J connectivity index is 1.56. The molecule has 1 aromatic carbocycles. The molecule has 1 aromatic heterocycles. The van der Waals surface area contributed by atoms with Gasteiger partial charge in [-0.2, -0.15) is 0 Å². The second-order valence-corrected chi connectivity index (χ2v) is 7.67. The van der Waals surface area contributed by atoms with Gasteiger partial charge >= 0.3 is 0 Å². The summed E-state index contributed by atoms with van der Waals surface area (Å²) in [5.41, 5.74) is 3.05. The van der Waals surface area contributed by atoms with Crippen molar-refractivity contribution in [1.82, 2.24) is 14.5 Å². The molecule has 132 valence electrons. The van der Waals surface area contributed by atoms with E-state index in [2.05, 4.69) is 4.98 Å². The molecule has 1 atom stereocenters. The van der Waals surface area contributed by atoms with Gasteiger partial charge in [-0.25, -0.2) is 4.98 Å². The summed E-state index contributed by atoms with van der Waals surface area (Å²) >= 11 is 0. The van der Waals surface area contributed by atoms with E-state index in [0.29, 0.717) is 23.8 Å². The number of benzene rings is 1. The van der Waals surface area contributed by atoms with Crippen LogP contribution in [0.3, 0.4) is 0 Å². The number of rotatable bonds is 3. The molecule has 2 aromatic rings. The quantitative estimate of drug-likeness (QED) is 0.864. The van der Waals surface area contributed by atoms with Crippen molar-refractivity contribution >= 4 is 16.8 Å². The molecule has 5 nitrogen and oxygen atoms in total. The second kappa shape index (κ2) is 6.28. The molecule has 0 N–H and O–H groups in total. The Morgan fingerprint density at radius 1 is 1.24 bits per heavy atom. The molecular weight excluding hydrogens is 314 g/mol. The fourth-order valence-corrected chi connectivity index (χ4v) is 3.89. The summed E-state index contributed by atoms with van der Waals surface area (Å²) in [5, 5.41) is 0.687. The van der Waals surface area contributed by atoms with Crippen molar-refractivity contribution in [2.45, 2.75) is 46.1 Å². The average Bonchev–Trinajstić information content (AvgIpc) is 3.45. The Labute approximate surface area is 147 Å². The molecule has 2 aliphatic rings. The highest BCUT2D eigenvalue weighted by Gasteiger charge is 2.35. The van der Waals surface area contributed by atoms with Crippen LogP contribution in [-0.2, 0) is 11.3 Å². The van der Waals surface area contributed by atoms with E-state index < -0.39 is 0 Å². The van der Waals surface area contributed by atoms with Crippen molar-refractivity contribution < 1.29 is 4.79 Å². The normalized spacial score (nSPS) is 20.9. The fourth-order valence-electron chi connectivity index (χ4n) is 3.89. The molecule has 25 heavy (non-hydrogen) atoms. The van der Waals surface area contributed by atoms with Gasteiger partial charge in [0.25, 0.3) is 5.56 Å². The van der Waals surface area contributed by atoms with Gasteiger partial charge < -0.3 is 4.90 Å². The van der Waals surface area contributed by atoms with Gasteiger partial charge in [-0.1, -0.05) is 6.07 Å². The lowest BCUT2D eigenvalue weighted by Crippen LogP contribution is -2.42. The summed E-state index contributed by atoms with van der Waals surface area (Å²) in [6.45, 7) is 6.33. The van der Waals surface area contributed by atoms with Crippen molar-refractivity contribution in [3.05, 3.63) is 39.9 Å². The van der Waals surface area contributed by atoms with E-state index in [0.717, 1.165) is 55.4 Å². The molecule has 2 fully saturated rings. The van der Waals surface area contributed by atoms with Crippen LogP contribution in [0.2, 0.25) is 0 Å². The number of likely N-dealkylation sites (tertiary alicyclic amines) is 1. The zero-order valence-corrected chi connectivity index (χ0v) is 15.0. The topological polar surface area (TPSA) is 55.2 Å². The molecule has 0 radical (unpaired) electrons. The van der Waals surface area contributed by atoms with Gasteiger partial charge in [0.1, 0.15) is 0 Å². The fraction of sp³-hybridized carbons (Fsp3) is 0.550. The third-order valence-corrected chi connectivity index (χ3v) is 5.73. The van der Waals surface area contributed by atoms with Gasteiger partial charge in [0.2, 0.25) is 5.91 Å². The third kappa shape index (κ3) is 3.08. The predicted molar refractivity (Wildman–Crippen MR) is 97.5 cm³/mol. The van der Waals surface area contributed by atoms with Crippen LogP contribution >= 0.6 is 0 Å². The molecular formula is C20H25N3O2. The summed E-state index contributed by atoms with van der Waals surface area (Å²) in [4.78, 5) is 31.7. The maximum absolute atomic E-state index is 12.8. The number of hydrogen-bond acceptors (Lipinski definition) is 3. The van der Waals surface area contributed by atoms with Crippen LogP contribution in [0.15, 0.2) is 23.3 Å². The Bertz CT molecular complexity index is 882. The summed E-state index contributed by atoms with van der Waals surface area (Å²) < 4.78 is 1.73. The molecule has 0 spiro atoms. The standard InChI is InChI=1S/C20H25N3O2/c1-13-5-8-17-18(14(13)2)21-12-23(20(17)25)11-15-4-3-9-22(10-15)19(24)16-6-7-16/h5,8,12,15-16H,3-4,6-7,9-11H2,1-2H3/t15-/m0/s1. The Morgan fingerprint density at radius 2 is 2.04 bits per heavy atom. The summed E-state index contributed by atoms with van der Waals surface area (Å²) in [6.07, 6.45) is 5.86. The summed E-state index contributed by atoms with van der Waals surface area (Å²) in [5.74, 6) is 0.926. The van der Waals surface area contributed by atoms with Crippen molar-refractivity contribution in [2.24, 2.45) is 11.8 Å². The minimum atomic E-state index is 0.0266. The van der Waals surface area contributed by atoms with Crippen molar-refractivity contribution in [1.29, 1.82) is 0 Å². The van der Waals surface area contributed by atoms with Crippen molar-refractivity contribution in [3.63, 3.8) is 0 Å². The predicted octanol–water partition coefficient (Wildman–Crippen LogP) is 2.66. The largest absolute Gasteiger partial charge is 0.342 e. The third-order valence-electron chi connectivity index (χ3n) is 5.73. The van der Waals surface area contributed by atoms with E-state index in [9.17, 15) is 9.59 Å². The van der Waals surface area contributed by atoms with Gasteiger partial charge in [0, 0.05) is 25.6 Å². The van der Waals surface area contributed by atoms with Crippen LogP contribution in [0, 0.1) is 25.7 Å². The molecule has 1 aliphatic carbocycles. The van der Waals surface area contributed by atoms with Crippen LogP contribution in [0.4, 0.5) is 0 Å². The number of hydrogen-bond donors (Lipinski definition) is 0. The number of carbonyl (C=O) groups excluding carboxylic acids is 1. The highest BCUT2D eigenvalue weighted by molar-refractivity contribution is 5.82. The van der Waals surface area contributed by atoms with E-state index in [1.807, 2.05) is 30.9 Å². The first-order valence-electron chi connectivity index (χ1n) is 9.28. The minimum absolute atomic E-state index is 0.0266. The number of fused-ring (bicyclic) bond motifs is 1. The number of amides is 1. The number of nitrogens with zero attached hydrogens (tertiary/aromatic N) is 3. The van der Waals surface area contributed by atoms with E-state index >= 15 is 0 Å². The van der Waals surface area contributed by atoms with Crippen LogP contribution < -0.4 is 5.56 Å². The van der Waals surface area contributed by atoms with E-state index in [4.69, 9.17) is 0 Å². The number of carbonyl (C=O) groups is 1. The molecule has 0 unspecified atom stereocenters. The van der Waals surface area contributed by atoms with Crippen LogP contribution in [0.1, 0.15) is 36.8 Å². The molecule has 1 saturated heterocycles. The van der Waals surface area contributed by atoms with E-state index in [1.165, 1.54) is 0 Å². The molecule has 1 aliphatic heterocycles. The van der Waals surface area contributed by atoms with Gasteiger partial charge in [-0.3, -0.25) is 14.2 Å². The average molecular weight is 339 g/mol. The smallest absolute Gasteiger partial charge is 0.261 e. The Hall–Kier alpha value is -2.17. The zero-order chi connectivity index (χ0) is 17.6. The van der Waals surface area contributed by atoms with E-state index in [1.54, 1.807) is 10.9 Å².